The molecule has 2 atom stereocenters. The number of benzene rings is 1. The van der Waals surface area contributed by atoms with Crippen LogP contribution in [-0.4, -0.2) is 53.1 Å². The summed E-state index contributed by atoms with van der Waals surface area (Å²) in [6, 6.07) is 7.43. The van der Waals surface area contributed by atoms with E-state index in [4.69, 9.17) is 16.3 Å². The van der Waals surface area contributed by atoms with Crippen molar-refractivity contribution >= 4 is 28.9 Å². The van der Waals surface area contributed by atoms with Gasteiger partial charge in [-0.2, -0.15) is 0 Å². The van der Waals surface area contributed by atoms with E-state index < -0.39 is 0 Å². The lowest BCUT2D eigenvalue weighted by Crippen LogP contribution is -2.33. The van der Waals surface area contributed by atoms with E-state index in [1.165, 1.54) is 6.42 Å². The van der Waals surface area contributed by atoms with Gasteiger partial charge in [-0.3, -0.25) is 14.7 Å². The standard InChI is InChI=1S/C29H28ClN5O2/c1-3-14-35-15-10-19-16-29(19,35)11-7-18-17-31-12-8-20(18)25-26(24-22(33-25)9-13-32-28(24)36)34-23-6-4-5-21(30)27(23)37-2/h3-6,8,12,17,19,33-34H,1,9-10,13-16H2,2H3,(H,32,36)/t19-,29+/m0/s1. The minimum Gasteiger partial charge on any atom is -0.493 e. The van der Waals surface area contributed by atoms with Gasteiger partial charge in [-0.25, -0.2) is 0 Å². The number of likely N-dealkylation sites (tertiary alicyclic amines) is 1. The number of amides is 1. The van der Waals surface area contributed by atoms with E-state index in [0.29, 0.717) is 46.6 Å². The van der Waals surface area contributed by atoms with Crippen LogP contribution in [0.4, 0.5) is 11.4 Å². The molecule has 3 aromatic rings. The average Bonchev–Trinajstić information content (AvgIpc) is 3.34. The molecule has 7 nitrogen and oxygen atoms in total. The quantitative estimate of drug-likeness (QED) is 0.327. The number of carbonyl (C=O) groups excluding carboxylic acids is 1. The first-order valence-electron chi connectivity index (χ1n) is 12.5. The molecule has 2 aliphatic heterocycles. The molecule has 0 spiro atoms. The van der Waals surface area contributed by atoms with Gasteiger partial charge in [0.05, 0.1) is 45.9 Å². The fourth-order valence-corrected chi connectivity index (χ4v) is 5.99. The smallest absolute Gasteiger partial charge is 0.255 e. The number of halogens is 1. The van der Waals surface area contributed by atoms with E-state index in [1.807, 2.05) is 24.3 Å². The zero-order valence-corrected chi connectivity index (χ0v) is 21.4. The Kier molecular flexibility index (Phi) is 5.94. The Bertz CT molecular complexity index is 1470. The highest BCUT2D eigenvalue weighted by Gasteiger charge is 2.60. The number of nitrogens with zero attached hydrogens (tertiary/aromatic N) is 2. The van der Waals surface area contributed by atoms with Crippen molar-refractivity contribution in [3.63, 3.8) is 0 Å². The van der Waals surface area contributed by atoms with Crippen molar-refractivity contribution in [3.8, 4) is 28.8 Å². The van der Waals surface area contributed by atoms with Crippen LogP contribution in [0, 0.1) is 17.8 Å². The largest absolute Gasteiger partial charge is 0.493 e. The summed E-state index contributed by atoms with van der Waals surface area (Å²) in [5, 5.41) is 6.89. The number of ether oxygens (including phenoxy) is 1. The molecular weight excluding hydrogens is 486 g/mol. The second kappa shape index (κ2) is 9.29. The number of carbonyl (C=O) groups is 1. The van der Waals surface area contributed by atoms with E-state index >= 15 is 0 Å². The molecule has 1 aromatic carbocycles. The number of methoxy groups -OCH3 is 1. The number of fused-ring (bicyclic) bond motifs is 2. The Hall–Kier alpha value is -3.73. The third-order valence-corrected chi connectivity index (χ3v) is 7.93. The van der Waals surface area contributed by atoms with Crippen molar-refractivity contribution in [2.75, 3.05) is 32.1 Å². The van der Waals surface area contributed by atoms with Crippen molar-refractivity contribution in [1.82, 2.24) is 20.2 Å². The monoisotopic (exact) mass is 513 g/mol. The molecule has 4 heterocycles. The summed E-state index contributed by atoms with van der Waals surface area (Å²) in [6.45, 7) is 6.40. The molecule has 3 N–H and O–H groups in total. The first kappa shape index (κ1) is 23.7. The molecule has 6 rings (SSSR count). The number of pyridine rings is 1. The van der Waals surface area contributed by atoms with Gasteiger partial charge in [0.2, 0.25) is 0 Å². The lowest BCUT2D eigenvalue weighted by Gasteiger charge is -2.22. The van der Waals surface area contributed by atoms with Crippen molar-refractivity contribution in [2.24, 2.45) is 5.92 Å². The van der Waals surface area contributed by atoms with Gasteiger partial charge in [0.1, 0.15) is 0 Å². The molecular formula is C29H28ClN5O2. The van der Waals surface area contributed by atoms with Crippen LogP contribution in [0.3, 0.4) is 0 Å². The molecule has 3 aliphatic rings. The highest BCUT2D eigenvalue weighted by molar-refractivity contribution is 6.32. The number of nitrogens with one attached hydrogen (secondary N) is 3. The first-order valence-corrected chi connectivity index (χ1v) is 12.9. The van der Waals surface area contributed by atoms with Crippen LogP contribution in [0.5, 0.6) is 5.75 Å². The van der Waals surface area contributed by atoms with Crippen molar-refractivity contribution in [3.05, 3.63) is 71.2 Å². The SMILES string of the molecule is C=CCN1CC[C@H]2C[C@]21C#Cc1cnccc1-c1[nH]c2c(c1Nc1cccc(Cl)c1OC)C(=O)NCC2. The van der Waals surface area contributed by atoms with Crippen LogP contribution in [0.25, 0.3) is 11.3 Å². The molecule has 1 saturated heterocycles. The van der Waals surface area contributed by atoms with E-state index in [-0.39, 0.29) is 11.4 Å². The summed E-state index contributed by atoms with van der Waals surface area (Å²) in [5.74, 6) is 8.06. The summed E-state index contributed by atoms with van der Waals surface area (Å²) in [6.07, 6.45) is 8.49. The Morgan fingerprint density at radius 3 is 3.11 bits per heavy atom. The maximum absolute atomic E-state index is 13.0. The minimum absolute atomic E-state index is 0.0641. The third-order valence-electron chi connectivity index (χ3n) is 7.63. The first-order chi connectivity index (χ1) is 18.1. The van der Waals surface area contributed by atoms with Gasteiger partial charge in [0.25, 0.3) is 5.91 Å². The molecule has 1 saturated carbocycles. The van der Waals surface area contributed by atoms with Crippen molar-refractivity contribution in [1.29, 1.82) is 0 Å². The number of rotatable bonds is 6. The van der Waals surface area contributed by atoms with Crippen LogP contribution in [-0.2, 0) is 6.42 Å². The van der Waals surface area contributed by atoms with Crippen LogP contribution in [0.2, 0.25) is 5.02 Å². The highest BCUT2D eigenvalue weighted by atomic mass is 35.5. The molecule has 1 aliphatic carbocycles. The van der Waals surface area contributed by atoms with E-state index in [0.717, 1.165) is 42.0 Å². The Labute approximate surface area is 221 Å². The average molecular weight is 514 g/mol. The summed E-state index contributed by atoms with van der Waals surface area (Å²) >= 11 is 6.39. The van der Waals surface area contributed by atoms with Crippen LogP contribution in [0.15, 0.2) is 49.3 Å². The molecule has 2 aromatic heterocycles. The summed E-state index contributed by atoms with van der Waals surface area (Å²) in [4.78, 5) is 23.3. The number of para-hydroxylation sites is 1. The number of piperidine rings is 1. The van der Waals surface area contributed by atoms with Crippen LogP contribution >= 0.6 is 11.6 Å². The summed E-state index contributed by atoms with van der Waals surface area (Å²) in [5.41, 5.74) is 5.23. The van der Waals surface area contributed by atoms with Gasteiger partial charge in [-0.1, -0.05) is 35.6 Å². The van der Waals surface area contributed by atoms with Gasteiger partial charge < -0.3 is 20.4 Å². The molecule has 1 amide bonds. The summed E-state index contributed by atoms with van der Waals surface area (Å²) in [7, 11) is 1.58. The Morgan fingerprint density at radius 2 is 2.30 bits per heavy atom. The van der Waals surface area contributed by atoms with Gasteiger partial charge >= 0.3 is 0 Å². The highest BCUT2D eigenvalue weighted by Crippen LogP contribution is 2.55. The van der Waals surface area contributed by atoms with Gasteiger partial charge in [-0.15, -0.1) is 6.58 Å². The minimum atomic E-state index is -0.125. The lowest BCUT2D eigenvalue weighted by atomic mass is 10.0. The second-order valence-electron chi connectivity index (χ2n) is 9.70. The van der Waals surface area contributed by atoms with Crippen molar-refractivity contribution < 1.29 is 9.53 Å². The maximum atomic E-state index is 13.0. The third kappa shape index (κ3) is 3.97. The predicted octanol–water partition coefficient (Wildman–Crippen LogP) is 4.77. The van der Waals surface area contributed by atoms with Crippen LogP contribution in [0.1, 0.15) is 34.5 Å². The van der Waals surface area contributed by atoms with E-state index in [9.17, 15) is 4.79 Å². The predicted molar refractivity (Wildman–Crippen MR) is 145 cm³/mol. The number of hydrogen-bond donors (Lipinski definition) is 3. The fraction of sp³-hybridized carbons (Fsp3) is 0.310. The van der Waals surface area contributed by atoms with E-state index in [1.54, 1.807) is 25.6 Å². The molecule has 0 unspecified atom stereocenters. The lowest BCUT2D eigenvalue weighted by molar-refractivity contribution is 0.0947. The summed E-state index contributed by atoms with van der Waals surface area (Å²) < 4.78 is 5.56. The molecule has 8 heteroatoms. The van der Waals surface area contributed by atoms with Gasteiger partial charge in [0, 0.05) is 49.7 Å². The van der Waals surface area contributed by atoms with Crippen LogP contribution < -0.4 is 15.4 Å². The molecule has 0 radical (unpaired) electrons. The molecule has 0 bridgehead atoms. The Morgan fingerprint density at radius 1 is 1.41 bits per heavy atom. The zero-order chi connectivity index (χ0) is 25.6. The number of hydrogen-bond acceptors (Lipinski definition) is 5. The molecule has 188 valence electrons. The number of H-pyrrole nitrogens is 1. The van der Waals surface area contributed by atoms with Crippen molar-refractivity contribution in [2.45, 2.75) is 24.8 Å². The Balaban J connectivity index is 1.46. The zero-order valence-electron chi connectivity index (χ0n) is 20.7. The number of anilines is 2. The fourth-order valence-electron chi connectivity index (χ4n) is 5.74. The number of aromatic nitrogens is 2. The maximum Gasteiger partial charge on any atom is 0.255 e. The topological polar surface area (TPSA) is 82.3 Å². The van der Waals surface area contributed by atoms with Gasteiger partial charge in [-0.05, 0) is 37.0 Å². The molecule has 37 heavy (non-hydrogen) atoms. The molecule has 2 fully saturated rings. The van der Waals surface area contributed by atoms with Gasteiger partial charge in [0.15, 0.2) is 5.75 Å². The normalized spacial score (nSPS) is 21.8. The van der Waals surface area contributed by atoms with E-state index in [2.05, 4.69) is 43.9 Å². The number of aromatic amines is 1. The second-order valence-corrected chi connectivity index (χ2v) is 10.1.